The van der Waals surface area contributed by atoms with E-state index in [4.69, 9.17) is 5.11 Å². The van der Waals surface area contributed by atoms with Gasteiger partial charge in [0.2, 0.25) is 5.95 Å². The fraction of sp³-hybridized carbons (Fsp3) is 0.150. The zero-order valence-corrected chi connectivity index (χ0v) is 14.5. The third-order valence-electron chi connectivity index (χ3n) is 4.01. The van der Waals surface area contributed by atoms with Gasteiger partial charge in [0.05, 0.1) is 0 Å². The summed E-state index contributed by atoms with van der Waals surface area (Å²) in [6, 6.07) is 13.1. The lowest BCUT2D eigenvalue weighted by atomic mass is 10.0. The van der Waals surface area contributed by atoms with Gasteiger partial charge in [-0.25, -0.2) is 14.8 Å². The number of carboxylic acids is 1. The molecule has 2 aromatic carbocycles. The number of carboxylic acid groups (broad SMARTS) is 1. The molecular formula is C20H19N3O4. The number of aromatic carboxylic acids is 1. The summed E-state index contributed by atoms with van der Waals surface area (Å²) in [5.74, 6) is -0.763. The van der Waals surface area contributed by atoms with Gasteiger partial charge in [-0.2, -0.15) is 0 Å². The van der Waals surface area contributed by atoms with Gasteiger partial charge in [-0.05, 0) is 55.2 Å². The van der Waals surface area contributed by atoms with E-state index >= 15 is 0 Å². The van der Waals surface area contributed by atoms with Crippen LogP contribution in [0.15, 0.2) is 54.7 Å². The molecule has 1 aromatic heterocycles. The van der Waals surface area contributed by atoms with Crippen LogP contribution in [-0.2, 0) is 12.8 Å². The number of carbonyl (C=O) groups is 1. The number of phenols is 2. The summed E-state index contributed by atoms with van der Waals surface area (Å²) in [6.45, 7) is 0. The Morgan fingerprint density at radius 1 is 1.04 bits per heavy atom. The van der Waals surface area contributed by atoms with E-state index in [1.54, 1.807) is 30.5 Å². The van der Waals surface area contributed by atoms with Crippen molar-refractivity contribution in [2.24, 2.45) is 0 Å². The number of hydrogen-bond donors (Lipinski definition) is 4. The monoisotopic (exact) mass is 365 g/mol. The highest BCUT2D eigenvalue weighted by atomic mass is 16.4. The van der Waals surface area contributed by atoms with Crippen molar-refractivity contribution in [1.29, 1.82) is 0 Å². The molecule has 0 atom stereocenters. The van der Waals surface area contributed by atoms with E-state index in [1.165, 1.54) is 12.1 Å². The maximum atomic E-state index is 10.9. The second-order valence-electron chi connectivity index (χ2n) is 6.06. The van der Waals surface area contributed by atoms with E-state index in [2.05, 4.69) is 15.3 Å². The van der Waals surface area contributed by atoms with Crippen molar-refractivity contribution in [3.05, 3.63) is 71.5 Å². The van der Waals surface area contributed by atoms with E-state index in [1.807, 2.05) is 12.1 Å². The molecule has 0 bridgehead atoms. The number of rotatable bonds is 7. The molecule has 3 aromatic rings. The van der Waals surface area contributed by atoms with Crippen molar-refractivity contribution in [1.82, 2.24) is 9.97 Å². The summed E-state index contributed by atoms with van der Waals surface area (Å²) in [4.78, 5) is 19.5. The lowest BCUT2D eigenvalue weighted by molar-refractivity contribution is 0.0693. The molecule has 0 spiro atoms. The molecule has 27 heavy (non-hydrogen) atoms. The maximum Gasteiger partial charge on any atom is 0.339 e. The van der Waals surface area contributed by atoms with Crippen LogP contribution in [0.5, 0.6) is 11.5 Å². The Kier molecular flexibility index (Phi) is 5.51. The Morgan fingerprint density at radius 3 is 2.63 bits per heavy atom. The fourth-order valence-corrected chi connectivity index (χ4v) is 2.70. The van der Waals surface area contributed by atoms with Crippen LogP contribution in [-0.4, -0.2) is 31.3 Å². The Morgan fingerprint density at radius 2 is 1.89 bits per heavy atom. The average Bonchev–Trinajstić information content (AvgIpc) is 2.62. The van der Waals surface area contributed by atoms with Crippen LogP contribution < -0.4 is 5.32 Å². The van der Waals surface area contributed by atoms with Gasteiger partial charge in [0, 0.05) is 23.6 Å². The third kappa shape index (κ3) is 4.94. The molecule has 0 aliphatic rings. The van der Waals surface area contributed by atoms with E-state index in [9.17, 15) is 15.0 Å². The van der Waals surface area contributed by atoms with Gasteiger partial charge in [0.15, 0.2) is 0 Å². The van der Waals surface area contributed by atoms with Gasteiger partial charge in [-0.3, -0.25) is 0 Å². The normalized spacial score (nSPS) is 10.5. The molecule has 4 N–H and O–H groups in total. The largest absolute Gasteiger partial charge is 0.508 e. The first-order valence-electron chi connectivity index (χ1n) is 8.44. The smallest absolute Gasteiger partial charge is 0.339 e. The number of benzene rings is 2. The second kappa shape index (κ2) is 8.18. The molecule has 0 saturated carbocycles. The van der Waals surface area contributed by atoms with Crippen molar-refractivity contribution in [2.75, 3.05) is 5.32 Å². The molecule has 0 fully saturated rings. The van der Waals surface area contributed by atoms with Crippen molar-refractivity contribution in [3.8, 4) is 11.5 Å². The number of anilines is 2. The molecule has 0 saturated heterocycles. The summed E-state index contributed by atoms with van der Waals surface area (Å²) in [5, 5.41) is 31.2. The van der Waals surface area contributed by atoms with Gasteiger partial charge in [0.1, 0.15) is 17.1 Å². The minimum atomic E-state index is -1.15. The molecule has 0 radical (unpaired) electrons. The minimum absolute atomic E-state index is 0.0998. The molecule has 0 unspecified atom stereocenters. The van der Waals surface area contributed by atoms with Gasteiger partial charge < -0.3 is 20.6 Å². The highest BCUT2D eigenvalue weighted by Crippen LogP contribution is 2.21. The van der Waals surface area contributed by atoms with Crippen molar-refractivity contribution in [2.45, 2.75) is 19.3 Å². The van der Waals surface area contributed by atoms with E-state index in [0.717, 1.165) is 17.7 Å². The van der Waals surface area contributed by atoms with E-state index < -0.39 is 5.97 Å². The summed E-state index contributed by atoms with van der Waals surface area (Å²) in [5.41, 5.74) is 2.32. The first kappa shape index (κ1) is 18.2. The van der Waals surface area contributed by atoms with Crippen molar-refractivity contribution in [3.63, 3.8) is 0 Å². The Bertz CT molecular complexity index is 959. The van der Waals surface area contributed by atoms with Gasteiger partial charge in [-0.15, -0.1) is 0 Å². The van der Waals surface area contributed by atoms with Crippen molar-refractivity contribution >= 4 is 17.6 Å². The van der Waals surface area contributed by atoms with Gasteiger partial charge in [0.25, 0.3) is 0 Å². The van der Waals surface area contributed by atoms with E-state index in [-0.39, 0.29) is 17.1 Å². The topological polar surface area (TPSA) is 116 Å². The predicted molar refractivity (Wildman–Crippen MR) is 101 cm³/mol. The maximum absolute atomic E-state index is 10.9. The fourth-order valence-electron chi connectivity index (χ4n) is 2.70. The molecule has 3 rings (SSSR count). The zero-order chi connectivity index (χ0) is 19.2. The molecule has 7 nitrogen and oxygen atoms in total. The number of phenolic OH excluding ortho intramolecular Hbond substituents is 1. The first-order chi connectivity index (χ1) is 13.0. The quantitative estimate of drug-likeness (QED) is 0.506. The highest BCUT2D eigenvalue weighted by Gasteiger charge is 2.09. The van der Waals surface area contributed by atoms with Crippen LogP contribution in [0, 0.1) is 0 Å². The van der Waals surface area contributed by atoms with Crippen LogP contribution in [0.1, 0.15) is 28.0 Å². The summed E-state index contributed by atoms with van der Waals surface area (Å²) < 4.78 is 0. The van der Waals surface area contributed by atoms with Crippen LogP contribution in [0.3, 0.4) is 0 Å². The molecule has 0 aliphatic carbocycles. The number of aromatic hydroxyl groups is 2. The summed E-state index contributed by atoms with van der Waals surface area (Å²) >= 11 is 0. The molecular weight excluding hydrogens is 346 g/mol. The predicted octanol–water partition coefficient (Wildman–Crippen LogP) is 3.50. The molecule has 0 amide bonds. The number of nitrogens with zero attached hydrogens (tertiary/aromatic N) is 2. The zero-order valence-electron chi connectivity index (χ0n) is 14.5. The highest BCUT2D eigenvalue weighted by molar-refractivity contribution is 5.90. The molecule has 7 heteroatoms. The first-order valence-corrected chi connectivity index (χ1v) is 8.44. The Labute approximate surface area is 156 Å². The molecule has 1 heterocycles. The Balaban J connectivity index is 1.58. The van der Waals surface area contributed by atoms with Crippen LogP contribution >= 0.6 is 0 Å². The number of aromatic nitrogens is 2. The van der Waals surface area contributed by atoms with Crippen LogP contribution in [0.25, 0.3) is 0 Å². The minimum Gasteiger partial charge on any atom is -0.508 e. The second-order valence-corrected chi connectivity index (χ2v) is 6.06. The van der Waals surface area contributed by atoms with Crippen LogP contribution in [0.4, 0.5) is 11.6 Å². The lowest BCUT2D eigenvalue weighted by Gasteiger charge is -2.07. The van der Waals surface area contributed by atoms with Crippen molar-refractivity contribution < 1.29 is 20.1 Å². The Hall–Kier alpha value is -3.61. The summed E-state index contributed by atoms with van der Waals surface area (Å²) in [6.07, 6.45) is 3.85. The number of hydrogen-bond acceptors (Lipinski definition) is 6. The molecule has 138 valence electrons. The SMILES string of the molecule is O=C(O)c1ccc(CCCc2ccnc(Nc3cccc(O)c3)n2)cc1O. The lowest BCUT2D eigenvalue weighted by Crippen LogP contribution is -2.01. The standard InChI is InChI=1S/C20H19N3O4/c24-16-6-2-5-15(12-16)23-20-21-10-9-14(22-20)4-1-3-13-7-8-17(19(26)27)18(25)11-13/h2,5-12,24-25H,1,3-4H2,(H,26,27)(H,21,22,23). The number of aryl methyl sites for hydroxylation is 2. The number of nitrogens with one attached hydrogen (secondary N) is 1. The average molecular weight is 365 g/mol. The molecule has 0 aliphatic heterocycles. The van der Waals surface area contributed by atoms with Gasteiger partial charge in [-0.1, -0.05) is 12.1 Å². The van der Waals surface area contributed by atoms with E-state index in [0.29, 0.717) is 24.5 Å². The van der Waals surface area contributed by atoms with Crippen LogP contribution in [0.2, 0.25) is 0 Å². The summed E-state index contributed by atoms with van der Waals surface area (Å²) in [7, 11) is 0. The van der Waals surface area contributed by atoms with Gasteiger partial charge >= 0.3 is 5.97 Å². The third-order valence-corrected chi connectivity index (χ3v) is 4.01.